The van der Waals surface area contributed by atoms with Gasteiger partial charge in [-0.05, 0) is 12.8 Å². The molecule has 0 aliphatic carbocycles. The van der Waals surface area contributed by atoms with Crippen LogP contribution in [0, 0.1) is 0 Å². The van der Waals surface area contributed by atoms with Crippen LogP contribution in [0.25, 0.3) is 0 Å². The molecule has 0 spiro atoms. The summed E-state index contributed by atoms with van der Waals surface area (Å²) in [6, 6.07) is 0. The second-order valence-electron chi connectivity index (χ2n) is 3.28. The standard InChI is InChI=1S/C9H18O6/c10-5-3-1-2-4-7(11)8(12)6-15-9(13)14/h7-8,10-12H,1-6H2,(H,13,14). The van der Waals surface area contributed by atoms with Gasteiger partial charge in [-0.1, -0.05) is 12.8 Å². The van der Waals surface area contributed by atoms with Gasteiger partial charge in [-0.15, -0.1) is 0 Å². The van der Waals surface area contributed by atoms with Crippen molar-refractivity contribution in [2.24, 2.45) is 0 Å². The van der Waals surface area contributed by atoms with E-state index in [9.17, 15) is 15.0 Å². The number of hydrogen-bond donors (Lipinski definition) is 4. The van der Waals surface area contributed by atoms with Crippen LogP contribution in [0.4, 0.5) is 4.79 Å². The van der Waals surface area contributed by atoms with Crippen LogP contribution in [0.3, 0.4) is 0 Å². The number of hydrogen-bond acceptors (Lipinski definition) is 5. The van der Waals surface area contributed by atoms with Gasteiger partial charge in [-0.2, -0.15) is 0 Å². The van der Waals surface area contributed by atoms with Gasteiger partial charge in [0.15, 0.2) is 0 Å². The fourth-order valence-corrected chi connectivity index (χ4v) is 1.10. The van der Waals surface area contributed by atoms with E-state index in [1.807, 2.05) is 0 Å². The summed E-state index contributed by atoms with van der Waals surface area (Å²) >= 11 is 0. The van der Waals surface area contributed by atoms with Crippen LogP contribution < -0.4 is 0 Å². The average molecular weight is 222 g/mol. The van der Waals surface area contributed by atoms with Gasteiger partial charge in [0.25, 0.3) is 0 Å². The topological polar surface area (TPSA) is 107 Å². The Kier molecular flexibility index (Phi) is 7.98. The Morgan fingerprint density at radius 1 is 1.13 bits per heavy atom. The van der Waals surface area contributed by atoms with E-state index >= 15 is 0 Å². The van der Waals surface area contributed by atoms with E-state index < -0.39 is 25.0 Å². The largest absolute Gasteiger partial charge is 0.505 e. The highest BCUT2D eigenvalue weighted by Crippen LogP contribution is 2.07. The van der Waals surface area contributed by atoms with Gasteiger partial charge < -0.3 is 25.2 Å². The first-order chi connectivity index (χ1) is 7.07. The molecule has 0 fully saturated rings. The first kappa shape index (κ1) is 14.2. The van der Waals surface area contributed by atoms with Crippen molar-refractivity contribution in [1.29, 1.82) is 0 Å². The predicted octanol–water partition coefficient (Wildman–Crippen LogP) is -0.0445. The number of ether oxygens (including phenoxy) is 1. The van der Waals surface area contributed by atoms with Crippen molar-refractivity contribution < 1.29 is 30.0 Å². The number of aliphatic hydroxyl groups is 3. The van der Waals surface area contributed by atoms with Gasteiger partial charge in [0.05, 0.1) is 6.10 Å². The summed E-state index contributed by atoms with van der Waals surface area (Å²) in [6.07, 6.45) is -1.18. The van der Waals surface area contributed by atoms with E-state index in [4.69, 9.17) is 10.2 Å². The Morgan fingerprint density at radius 2 is 1.80 bits per heavy atom. The molecule has 0 aromatic carbocycles. The molecule has 0 aromatic heterocycles. The zero-order chi connectivity index (χ0) is 11.7. The smallest absolute Gasteiger partial charge is 0.450 e. The quantitative estimate of drug-likeness (QED) is 0.339. The maximum absolute atomic E-state index is 9.98. The van der Waals surface area contributed by atoms with E-state index in [2.05, 4.69) is 4.74 Å². The van der Waals surface area contributed by atoms with Crippen LogP contribution in [0.2, 0.25) is 0 Å². The van der Waals surface area contributed by atoms with Crippen LogP contribution in [0.1, 0.15) is 25.7 Å². The Labute approximate surface area is 88.1 Å². The third-order valence-corrected chi connectivity index (χ3v) is 1.98. The molecule has 0 aliphatic heterocycles. The van der Waals surface area contributed by atoms with Crippen molar-refractivity contribution in [3.63, 3.8) is 0 Å². The summed E-state index contributed by atoms with van der Waals surface area (Å²) in [5.74, 6) is 0. The number of aliphatic hydroxyl groups excluding tert-OH is 3. The van der Waals surface area contributed by atoms with Gasteiger partial charge >= 0.3 is 6.16 Å². The normalized spacial score (nSPS) is 14.6. The molecule has 0 amide bonds. The van der Waals surface area contributed by atoms with E-state index in [1.54, 1.807) is 0 Å². The summed E-state index contributed by atoms with van der Waals surface area (Å²) in [6.45, 7) is -0.308. The third kappa shape index (κ3) is 8.17. The molecule has 0 bridgehead atoms. The van der Waals surface area contributed by atoms with Crippen molar-refractivity contribution in [2.45, 2.75) is 37.9 Å². The molecule has 6 nitrogen and oxygen atoms in total. The van der Waals surface area contributed by atoms with Crippen molar-refractivity contribution in [2.75, 3.05) is 13.2 Å². The molecule has 0 rings (SSSR count). The minimum absolute atomic E-state index is 0.112. The number of carbonyl (C=O) groups is 1. The molecule has 0 aliphatic rings. The zero-order valence-corrected chi connectivity index (χ0v) is 8.50. The highest BCUT2D eigenvalue weighted by Gasteiger charge is 2.17. The monoisotopic (exact) mass is 222 g/mol. The summed E-state index contributed by atoms with van der Waals surface area (Å²) in [5.41, 5.74) is 0. The minimum atomic E-state index is -1.47. The lowest BCUT2D eigenvalue weighted by Crippen LogP contribution is -2.31. The molecule has 2 atom stereocenters. The van der Waals surface area contributed by atoms with Gasteiger partial charge in [0.1, 0.15) is 12.7 Å². The first-order valence-electron chi connectivity index (χ1n) is 4.90. The number of unbranched alkanes of at least 4 members (excludes halogenated alkanes) is 2. The molecule has 6 heteroatoms. The molecule has 15 heavy (non-hydrogen) atoms. The Hall–Kier alpha value is -0.850. The lowest BCUT2D eigenvalue weighted by atomic mass is 10.1. The lowest BCUT2D eigenvalue weighted by molar-refractivity contribution is -0.0317. The molecule has 90 valence electrons. The summed E-state index contributed by atoms with van der Waals surface area (Å²) in [4.78, 5) is 9.98. The predicted molar refractivity (Wildman–Crippen MR) is 51.5 cm³/mol. The molecule has 0 saturated carbocycles. The Balaban J connectivity index is 3.50. The van der Waals surface area contributed by atoms with Gasteiger partial charge in [-0.3, -0.25) is 0 Å². The maximum Gasteiger partial charge on any atom is 0.505 e. The second-order valence-corrected chi connectivity index (χ2v) is 3.28. The summed E-state index contributed by atoms with van der Waals surface area (Å²) < 4.78 is 4.12. The lowest BCUT2D eigenvalue weighted by Gasteiger charge is -2.16. The van der Waals surface area contributed by atoms with Crippen LogP contribution in [0.15, 0.2) is 0 Å². The fraction of sp³-hybridized carbons (Fsp3) is 0.889. The number of carboxylic acid groups (broad SMARTS) is 1. The van der Waals surface area contributed by atoms with E-state index in [-0.39, 0.29) is 6.61 Å². The Morgan fingerprint density at radius 3 is 2.33 bits per heavy atom. The highest BCUT2D eigenvalue weighted by atomic mass is 16.7. The first-order valence-corrected chi connectivity index (χ1v) is 4.90. The zero-order valence-electron chi connectivity index (χ0n) is 8.50. The van der Waals surface area contributed by atoms with E-state index in [0.717, 1.165) is 6.42 Å². The van der Waals surface area contributed by atoms with Crippen molar-refractivity contribution in [1.82, 2.24) is 0 Å². The van der Waals surface area contributed by atoms with Gasteiger partial charge in [0, 0.05) is 6.61 Å². The Bertz CT molecular complexity index is 172. The molecule has 2 unspecified atom stereocenters. The molecule has 0 radical (unpaired) electrons. The van der Waals surface area contributed by atoms with Gasteiger partial charge in [0.2, 0.25) is 0 Å². The molecule has 0 heterocycles. The third-order valence-electron chi connectivity index (χ3n) is 1.98. The average Bonchev–Trinajstić information content (AvgIpc) is 2.20. The summed E-state index contributed by atoms with van der Waals surface area (Å²) in [5, 5.41) is 35.2. The second kappa shape index (κ2) is 8.46. The highest BCUT2D eigenvalue weighted by molar-refractivity contribution is 5.56. The van der Waals surface area contributed by atoms with Crippen molar-refractivity contribution in [3.8, 4) is 0 Å². The molecule has 4 N–H and O–H groups in total. The van der Waals surface area contributed by atoms with Crippen LogP contribution in [-0.4, -0.2) is 52.0 Å². The minimum Gasteiger partial charge on any atom is -0.450 e. The summed E-state index contributed by atoms with van der Waals surface area (Å²) in [7, 11) is 0. The molecular weight excluding hydrogens is 204 g/mol. The fourth-order valence-electron chi connectivity index (χ4n) is 1.10. The van der Waals surface area contributed by atoms with Crippen LogP contribution in [-0.2, 0) is 4.74 Å². The molecule has 0 saturated heterocycles. The van der Waals surface area contributed by atoms with Gasteiger partial charge in [-0.25, -0.2) is 4.79 Å². The van der Waals surface area contributed by atoms with Crippen LogP contribution in [0.5, 0.6) is 0 Å². The van der Waals surface area contributed by atoms with Crippen LogP contribution >= 0.6 is 0 Å². The maximum atomic E-state index is 9.98. The number of rotatable bonds is 8. The van der Waals surface area contributed by atoms with Crippen molar-refractivity contribution in [3.05, 3.63) is 0 Å². The van der Waals surface area contributed by atoms with Crippen molar-refractivity contribution >= 4 is 6.16 Å². The SMILES string of the molecule is O=C(O)OCC(O)C(O)CCCCCO. The van der Waals surface area contributed by atoms with E-state index in [0.29, 0.717) is 19.3 Å². The molecular formula is C9H18O6. The molecule has 0 aromatic rings. The van der Waals surface area contributed by atoms with E-state index in [1.165, 1.54) is 0 Å².